The average molecular weight is 161 g/mol. The minimum Gasteiger partial charge on any atom is -0.443 e. The third-order valence-corrected chi connectivity index (χ3v) is 1.74. The molecule has 0 spiro atoms. The van der Waals surface area contributed by atoms with Gasteiger partial charge in [-0.15, -0.1) is 0 Å². The maximum atomic E-state index is 10.3. The van der Waals surface area contributed by atoms with Gasteiger partial charge in [0.05, 0.1) is 0 Å². The highest BCUT2D eigenvalue weighted by Crippen LogP contribution is 2.16. The molecule has 0 saturated carbocycles. The molecule has 1 heterocycles. The smallest absolute Gasteiger partial charge is 0.181 e. The molecular weight excluding hydrogens is 154 g/mol. The number of aromatic nitrogens is 1. The number of hydrogen-bond acceptors (Lipinski definition) is 3. The van der Waals surface area contributed by atoms with Gasteiger partial charge in [0.15, 0.2) is 12.0 Å². The molecule has 3 heteroatoms. The average Bonchev–Trinajstić information content (AvgIpc) is 2.53. The molecule has 2 aromatic rings. The molecule has 0 aliphatic rings. The molecule has 0 aliphatic carbocycles. The maximum absolute atomic E-state index is 10.3. The van der Waals surface area contributed by atoms with E-state index in [1.807, 2.05) is 18.2 Å². The van der Waals surface area contributed by atoms with Crippen LogP contribution in [0.3, 0.4) is 0 Å². The van der Waals surface area contributed by atoms with E-state index in [4.69, 9.17) is 4.42 Å². The summed E-state index contributed by atoms with van der Waals surface area (Å²) in [6.45, 7) is 0. The van der Waals surface area contributed by atoms with Crippen LogP contribution in [0.25, 0.3) is 11.1 Å². The predicted octanol–water partition coefficient (Wildman–Crippen LogP) is 1.57. The number of oxazole rings is 1. The summed E-state index contributed by atoms with van der Waals surface area (Å²) in [6.07, 6.45) is 2.63. The number of fused-ring (bicyclic) bond motifs is 1. The van der Waals surface area contributed by atoms with Crippen molar-refractivity contribution in [3.8, 4) is 0 Å². The molecule has 2 rings (SSSR count). The van der Waals surface area contributed by atoms with Crippen LogP contribution in [0.15, 0.2) is 29.0 Å². The molecule has 0 atom stereocenters. The second-order valence-corrected chi connectivity index (χ2v) is 2.49. The van der Waals surface area contributed by atoms with Gasteiger partial charge in [0.25, 0.3) is 0 Å². The molecule has 0 unspecified atom stereocenters. The van der Waals surface area contributed by atoms with Gasteiger partial charge in [-0.2, -0.15) is 0 Å². The predicted molar refractivity (Wildman–Crippen MR) is 43.8 cm³/mol. The molecule has 0 N–H and O–H groups in total. The lowest BCUT2D eigenvalue weighted by atomic mass is 10.1. The van der Waals surface area contributed by atoms with E-state index in [1.54, 1.807) is 0 Å². The number of para-hydroxylation sites is 1. The van der Waals surface area contributed by atoms with Gasteiger partial charge in [-0.1, -0.05) is 12.1 Å². The van der Waals surface area contributed by atoms with E-state index in [2.05, 4.69) is 4.98 Å². The Morgan fingerprint density at radius 2 is 2.42 bits per heavy atom. The van der Waals surface area contributed by atoms with Crippen LogP contribution in [-0.2, 0) is 11.2 Å². The van der Waals surface area contributed by atoms with Crippen LogP contribution in [0.5, 0.6) is 0 Å². The highest BCUT2D eigenvalue weighted by Gasteiger charge is 2.02. The van der Waals surface area contributed by atoms with Crippen molar-refractivity contribution in [2.24, 2.45) is 0 Å². The normalized spacial score (nSPS) is 10.3. The molecule has 1 aromatic heterocycles. The van der Waals surface area contributed by atoms with Crippen LogP contribution in [-0.4, -0.2) is 11.3 Å². The Bertz CT molecular complexity index is 406. The summed E-state index contributed by atoms with van der Waals surface area (Å²) in [5.74, 6) is 0. The fourth-order valence-electron chi connectivity index (χ4n) is 1.20. The molecule has 0 bridgehead atoms. The summed E-state index contributed by atoms with van der Waals surface area (Å²) in [4.78, 5) is 14.3. The van der Waals surface area contributed by atoms with Gasteiger partial charge in [0.2, 0.25) is 0 Å². The molecule has 60 valence electrons. The van der Waals surface area contributed by atoms with E-state index < -0.39 is 0 Å². The Balaban J connectivity index is 2.65. The molecule has 1 aromatic carbocycles. The van der Waals surface area contributed by atoms with E-state index in [1.165, 1.54) is 6.39 Å². The minimum absolute atomic E-state index is 0.381. The number of benzene rings is 1. The highest BCUT2D eigenvalue weighted by atomic mass is 16.3. The number of carbonyl (C=O) groups is 1. The Hall–Kier alpha value is -1.64. The van der Waals surface area contributed by atoms with Gasteiger partial charge < -0.3 is 9.21 Å². The SMILES string of the molecule is O=CCc1cccc2ncoc12. The van der Waals surface area contributed by atoms with Crippen molar-refractivity contribution in [2.45, 2.75) is 6.42 Å². The summed E-state index contributed by atoms with van der Waals surface area (Å²) in [7, 11) is 0. The van der Waals surface area contributed by atoms with E-state index in [0.29, 0.717) is 12.0 Å². The van der Waals surface area contributed by atoms with E-state index in [-0.39, 0.29) is 0 Å². The van der Waals surface area contributed by atoms with Gasteiger partial charge in [0, 0.05) is 12.0 Å². The summed E-state index contributed by atoms with van der Waals surface area (Å²) in [6, 6.07) is 5.58. The number of carbonyl (C=O) groups excluding carboxylic acids is 1. The largest absolute Gasteiger partial charge is 0.443 e. The fourth-order valence-corrected chi connectivity index (χ4v) is 1.20. The second kappa shape index (κ2) is 2.77. The molecule has 0 saturated heterocycles. The Morgan fingerprint density at radius 3 is 3.25 bits per heavy atom. The minimum atomic E-state index is 0.381. The quantitative estimate of drug-likeness (QED) is 0.628. The number of nitrogens with zero attached hydrogens (tertiary/aromatic N) is 1. The highest BCUT2D eigenvalue weighted by molar-refractivity contribution is 5.78. The standard InChI is InChI=1S/C9H7NO2/c11-5-4-7-2-1-3-8-9(7)12-6-10-8/h1-3,5-6H,4H2. The lowest BCUT2D eigenvalue weighted by Crippen LogP contribution is -1.85. The van der Waals surface area contributed by atoms with E-state index in [0.717, 1.165) is 17.4 Å². The molecule has 0 radical (unpaired) electrons. The molecule has 0 aliphatic heterocycles. The zero-order chi connectivity index (χ0) is 8.39. The summed E-state index contributed by atoms with van der Waals surface area (Å²) in [5.41, 5.74) is 2.40. The third kappa shape index (κ3) is 0.993. The summed E-state index contributed by atoms with van der Waals surface area (Å²) < 4.78 is 5.13. The Kier molecular flexibility index (Phi) is 1.63. The van der Waals surface area contributed by atoms with Crippen LogP contribution < -0.4 is 0 Å². The first kappa shape index (κ1) is 7.03. The third-order valence-electron chi connectivity index (χ3n) is 1.74. The van der Waals surface area contributed by atoms with Crippen LogP contribution in [0, 0.1) is 0 Å². The van der Waals surface area contributed by atoms with Crippen LogP contribution in [0.1, 0.15) is 5.56 Å². The lowest BCUT2D eigenvalue weighted by Gasteiger charge is -1.93. The van der Waals surface area contributed by atoms with Crippen molar-refractivity contribution in [3.63, 3.8) is 0 Å². The topological polar surface area (TPSA) is 43.1 Å². The number of hydrogen-bond donors (Lipinski definition) is 0. The van der Waals surface area contributed by atoms with Crippen molar-refractivity contribution < 1.29 is 9.21 Å². The zero-order valence-corrected chi connectivity index (χ0v) is 6.36. The molecular formula is C9H7NO2. The van der Waals surface area contributed by atoms with Gasteiger partial charge in [-0.25, -0.2) is 4.98 Å². The van der Waals surface area contributed by atoms with Gasteiger partial charge in [-0.05, 0) is 6.07 Å². The zero-order valence-electron chi connectivity index (χ0n) is 6.36. The van der Waals surface area contributed by atoms with Crippen LogP contribution >= 0.6 is 0 Å². The van der Waals surface area contributed by atoms with Crippen molar-refractivity contribution in [1.82, 2.24) is 4.98 Å². The van der Waals surface area contributed by atoms with Gasteiger partial charge in [0.1, 0.15) is 11.8 Å². The van der Waals surface area contributed by atoms with Crippen molar-refractivity contribution in [1.29, 1.82) is 0 Å². The fraction of sp³-hybridized carbons (Fsp3) is 0.111. The first-order valence-corrected chi connectivity index (χ1v) is 3.66. The number of rotatable bonds is 2. The summed E-state index contributed by atoms with van der Waals surface area (Å²) in [5, 5.41) is 0. The van der Waals surface area contributed by atoms with Gasteiger partial charge in [-0.3, -0.25) is 0 Å². The molecule has 12 heavy (non-hydrogen) atoms. The molecule has 0 fully saturated rings. The van der Waals surface area contributed by atoms with E-state index >= 15 is 0 Å². The first-order chi connectivity index (χ1) is 5.92. The van der Waals surface area contributed by atoms with E-state index in [9.17, 15) is 4.79 Å². The first-order valence-electron chi connectivity index (χ1n) is 3.66. The van der Waals surface area contributed by atoms with Crippen LogP contribution in [0.4, 0.5) is 0 Å². The van der Waals surface area contributed by atoms with Crippen LogP contribution in [0.2, 0.25) is 0 Å². The molecule has 0 amide bonds. The summed E-state index contributed by atoms with van der Waals surface area (Å²) >= 11 is 0. The molecule has 3 nitrogen and oxygen atoms in total. The Labute approximate surface area is 69.0 Å². The Morgan fingerprint density at radius 1 is 1.50 bits per heavy atom. The van der Waals surface area contributed by atoms with Crippen molar-refractivity contribution >= 4 is 17.4 Å². The van der Waals surface area contributed by atoms with Gasteiger partial charge >= 0.3 is 0 Å². The number of aldehydes is 1. The van der Waals surface area contributed by atoms with Crippen molar-refractivity contribution in [2.75, 3.05) is 0 Å². The van der Waals surface area contributed by atoms with Crippen molar-refractivity contribution in [3.05, 3.63) is 30.2 Å². The monoisotopic (exact) mass is 161 g/mol. The second-order valence-electron chi connectivity index (χ2n) is 2.49. The lowest BCUT2D eigenvalue weighted by molar-refractivity contribution is -0.107. The maximum Gasteiger partial charge on any atom is 0.181 e.